The maximum absolute atomic E-state index is 13.0. The Kier molecular flexibility index (Phi) is 4.02. The van der Waals surface area contributed by atoms with Gasteiger partial charge in [-0.1, -0.05) is 29.8 Å². The second-order valence-electron chi connectivity index (χ2n) is 7.76. The molecule has 2 aromatic rings. The van der Waals surface area contributed by atoms with Gasteiger partial charge in [0.2, 0.25) is 11.8 Å². The Labute approximate surface area is 167 Å². The van der Waals surface area contributed by atoms with E-state index in [9.17, 15) is 14.4 Å². The van der Waals surface area contributed by atoms with Crippen LogP contribution in [-0.2, 0) is 9.59 Å². The molecule has 5 rings (SSSR count). The molecular formula is C22H18ClNO4. The SMILES string of the molecule is O=C(Oc1cccc(N2C(=O)[C@H]3[C@H]4CC[C@@H](C4)[C@@H]3C2=O)c1)c1ccccc1Cl. The Bertz CT molecular complexity index is 976. The van der Waals surface area contributed by atoms with E-state index in [1.54, 1.807) is 48.5 Å². The number of rotatable bonds is 3. The highest BCUT2D eigenvalue weighted by Crippen LogP contribution is 2.56. The zero-order chi connectivity index (χ0) is 19.4. The molecule has 2 saturated carbocycles. The summed E-state index contributed by atoms with van der Waals surface area (Å²) in [5, 5.41) is 0.303. The number of carbonyl (C=O) groups excluding carboxylic acids is 3. The van der Waals surface area contributed by atoms with Crippen molar-refractivity contribution in [3.05, 3.63) is 59.1 Å². The number of halogens is 1. The average Bonchev–Trinajstić information content (AvgIpc) is 3.36. The Balaban J connectivity index is 1.41. The van der Waals surface area contributed by atoms with Crippen LogP contribution in [0.3, 0.4) is 0 Å². The van der Waals surface area contributed by atoms with Crippen LogP contribution < -0.4 is 9.64 Å². The van der Waals surface area contributed by atoms with Gasteiger partial charge in [0.05, 0.1) is 28.1 Å². The van der Waals surface area contributed by atoms with Crippen molar-refractivity contribution in [2.45, 2.75) is 19.3 Å². The van der Waals surface area contributed by atoms with Crippen molar-refractivity contribution < 1.29 is 19.1 Å². The molecule has 0 aromatic heterocycles. The first-order chi connectivity index (χ1) is 13.5. The number of hydrogen-bond donors (Lipinski definition) is 0. The molecule has 4 atom stereocenters. The lowest BCUT2D eigenvalue weighted by atomic mass is 9.81. The highest BCUT2D eigenvalue weighted by atomic mass is 35.5. The largest absolute Gasteiger partial charge is 0.423 e. The number of ether oxygens (including phenoxy) is 1. The van der Waals surface area contributed by atoms with Crippen LogP contribution >= 0.6 is 11.6 Å². The third kappa shape index (κ3) is 2.57. The number of imide groups is 1. The van der Waals surface area contributed by atoms with E-state index < -0.39 is 5.97 Å². The zero-order valence-corrected chi connectivity index (χ0v) is 15.8. The molecule has 1 saturated heterocycles. The predicted octanol–water partition coefficient (Wildman–Crippen LogP) is 4.09. The summed E-state index contributed by atoms with van der Waals surface area (Å²) in [6, 6.07) is 13.2. The molecule has 2 amide bonds. The number of carbonyl (C=O) groups is 3. The molecule has 0 unspecified atom stereocenters. The summed E-state index contributed by atoms with van der Waals surface area (Å²) in [7, 11) is 0. The molecule has 0 N–H and O–H groups in total. The first-order valence-corrected chi connectivity index (χ1v) is 9.87. The quantitative estimate of drug-likeness (QED) is 0.446. The molecule has 3 fully saturated rings. The summed E-state index contributed by atoms with van der Waals surface area (Å²) in [6.45, 7) is 0. The van der Waals surface area contributed by atoms with Gasteiger partial charge in [-0.05, 0) is 55.4 Å². The van der Waals surface area contributed by atoms with Gasteiger partial charge in [0, 0.05) is 6.07 Å². The second kappa shape index (κ2) is 6.45. The molecule has 0 spiro atoms. The lowest BCUT2D eigenvalue weighted by Crippen LogP contribution is -2.32. The third-order valence-electron chi connectivity index (χ3n) is 6.31. The Hall–Kier alpha value is -2.66. The van der Waals surface area contributed by atoms with Gasteiger partial charge in [0.15, 0.2) is 0 Å². The summed E-state index contributed by atoms with van der Waals surface area (Å²) >= 11 is 6.05. The van der Waals surface area contributed by atoms with Crippen LogP contribution in [0.15, 0.2) is 48.5 Å². The summed E-state index contributed by atoms with van der Waals surface area (Å²) in [5.74, 6) is -0.245. The monoisotopic (exact) mass is 395 g/mol. The molecule has 28 heavy (non-hydrogen) atoms. The molecule has 1 heterocycles. The van der Waals surface area contributed by atoms with Crippen LogP contribution in [0.25, 0.3) is 0 Å². The lowest BCUT2D eigenvalue weighted by molar-refractivity contribution is -0.123. The third-order valence-corrected chi connectivity index (χ3v) is 6.64. The fourth-order valence-electron chi connectivity index (χ4n) is 5.14. The van der Waals surface area contributed by atoms with Gasteiger partial charge in [-0.3, -0.25) is 9.59 Å². The van der Waals surface area contributed by atoms with Gasteiger partial charge in [0.1, 0.15) is 5.75 Å². The molecule has 2 aliphatic carbocycles. The smallest absolute Gasteiger partial charge is 0.345 e. The zero-order valence-electron chi connectivity index (χ0n) is 15.0. The highest BCUT2D eigenvalue weighted by molar-refractivity contribution is 6.33. The van der Waals surface area contributed by atoms with E-state index in [1.165, 1.54) is 4.90 Å². The molecule has 1 aliphatic heterocycles. The molecule has 6 heteroatoms. The maximum atomic E-state index is 13.0. The molecule has 142 valence electrons. The van der Waals surface area contributed by atoms with Gasteiger partial charge in [-0.25, -0.2) is 9.69 Å². The first kappa shape index (κ1) is 17.4. The normalized spacial score (nSPS) is 28.0. The average molecular weight is 396 g/mol. The van der Waals surface area contributed by atoms with Crippen molar-refractivity contribution in [2.24, 2.45) is 23.7 Å². The van der Waals surface area contributed by atoms with Gasteiger partial charge in [0.25, 0.3) is 0 Å². The van der Waals surface area contributed by atoms with Crippen LogP contribution in [0.4, 0.5) is 5.69 Å². The van der Waals surface area contributed by atoms with Crippen LogP contribution in [0.5, 0.6) is 5.75 Å². The molecule has 2 aromatic carbocycles. The minimum Gasteiger partial charge on any atom is -0.423 e. The summed E-state index contributed by atoms with van der Waals surface area (Å²) < 4.78 is 5.43. The van der Waals surface area contributed by atoms with Crippen LogP contribution in [0.2, 0.25) is 5.02 Å². The number of esters is 1. The number of nitrogens with zero attached hydrogens (tertiary/aromatic N) is 1. The molecular weight excluding hydrogens is 378 g/mol. The Morgan fingerprint density at radius 3 is 2.32 bits per heavy atom. The van der Waals surface area contributed by atoms with Crippen molar-refractivity contribution in [1.29, 1.82) is 0 Å². The molecule has 3 aliphatic rings. The molecule has 0 radical (unpaired) electrons. The van der Waals surface area contributed by atoms with Crippen LogP contribution in [-0.4, -0.2) is 17.8 Å². The first-order valence-electron chi connectivity index (χ1n) is 9.49. The standard InChI is InChI=1S/C22H18ClNO4/c23-17-7-2-1-6-16(17)22(27)28-15-5-3-4-14(11-15)24-20(25)18-12-8-9-13(10-12)19(18)21(24)26/h1-7,11-13,18-19H,8-10H2/t12-,13-,18-,19-/m0/s1. The minimum atomic E-state index is -0.586. The number of hydrogen-bond acceptors (Lipinski definition) is 4. The van der Waals surface area contributed by atoms with Gasteiger partial charge in [-0.2, -0.15) is 0 Å². The van der Waals surface area contributed by atoms with E-state index in [1.807, 2.05) is 0 Å². The topological polar surface area (TPSA) is 63.7 Å². The van der Waals surface area contributed by atoms with E-state index in [0.29, 0.717) is 22.5 Å². The highest BCUT2D eigenvalue weighted by Gasteiger charge is 2.61. The van der Waals surface area contributed by atoms with Crippen LogP contribution in [0.1, 0.15) is 29.6 Å². The minimum absolute atomic E-state index is 0.114. The number of fused-ring (bicyclic) bond motifs is 5. The van der Waals surface area contributed by atoms with Crippen molar-refractivity contribution in [2.75, 3.05) is 4.90 Å². The Morgan fingerprint density at radius 1 is 0.964 bits per heavy atom. The van der Waals surface area contributed by atoms with E-state index in [2.05, 4.69) is 0 Å². The number of benzene rings is 2. The van der Waals surface area contributed by atoms with E-state index >= 15 is 0 Å². The summed E-state index contributed by atoms with van der Waals surface area (Å²) in [4.78, 5) is 39.6. The fourth-order valence-corrected chi connectivity index (χ4v) is 5.35. The van der Waals surface area contributed by atoms with Crippen molar-refractivity contribution >= 4 is 35.1 Å². The van der Waals surface area contributed by atoms with Crippen molar-refractivity contribution in [3.63, 3.8) is 0 Å². The van der Waals surface area contributed by atoms with Crippen molar-refractivity contribution in [3.8, 4) is 5.75 Å². The second-order valence-corrected chi connectivity index (χ2v) is 8.17. The van der Waals surface area contributed by atoms with E-state index in [4.69, 9.17) is 16.3 Å². The van der Waals surface area contributed by atoms with Gasteiger partial charge in [-0.15, -0.1) is 0 Å². The predicted molar refractivity (Wildman–Crippen MR) is 103 cm³/mol. The van der Waals surface area contributed by atoms with Gasteiger partial charge >= 0.3 is 5.97 Å². The van der Waals surface area contributed by atoms with E-state index in [0.717, 1.165) is 19.3 Å². The van der Waals surface area contributed by atoms with Gasteiger partial charge < -0.3 is 4.74 Å². The fraction of sp³-hybridized carbons (Fsp3) is 0.318. The van der Waals surface area contributed by atoms with Crippen LogP contribution in [0, 0.1) is 23.7 Å². The van der Waals surface area contributed by atoms with Crippen molar-refractivity contribution in [1.82, 2.24) is 0 Å². The maximum Gasteiger partial charge on any atom is 0.345 e. The number of amides is 2. The molecule has 2 bridgehead atoms. The Morgan fingerprint density at radius 2 is 1.64 bits per heavy atom. The molecule has 5 nitrogen and oxygen atoms in total. The summed E-state index contributed by atoms with van der Waals surface area (Å²) in [6.07, 6.45) is 3.07. The van der Waals surface area contributed by atoms with E-state index in [-0.39, 0.29) is 35.0 Å². The number of anilines is 1. The summed E-state index contributed by atoms with van der Waals surface area (Å²) in [5.41, 5.74) is 0.710. The lowest BCUT2D eigenvalue weighted by Gasteiger charge is -2.19.